The smallest absolute Gasteiger partial charge is 0.263 e. The first-order valence-corrected chi connectivity index (χ1v) is 8.57. The van der Waals surface area contributed by atoms with Gasteiger partial charge in [0.15, 0.2) is 6.10 Å². The summed E-state index contributed by atoms with van der Waals surface area (Å²) in [4.78, 5) is 15.8. The molecule has 0 aliphatic carbocycles. The zero-order valence-electron chi connectivity index (χ0n) is 11.7. The molecular formula is C16H16BrNO2S. The molecule has 1 amide bonds. The topological polar surface area (TPSA) is 29.5 Å². The molecule has 0 fully saturated rings. The van der Waals surface area contributed by atoms with Crippen LogP contribution in [0.1, 0.15) is 17.4 Å². The Morgan fingerprint density at radius 1 is 1.33 bits per heavy atom. The zero-order valence-corrected chi connectivity index (χ0v) is 14.1. The summed E-state index contributed by atoms with van der Waals surface area (Å²) in [6.45, 7) is 3.29. The molecule has 1 aromatic heterocycles. The monoisotopic (exact) mass is 365 g/mol. The number of thiophene rings is 1. The number of hydrogen-bond donors (Lipinski definition) is 0. The largest absolute Gasteiger partial charge is 0.481 e. The van der Waals surface area contributed by atoms with Crippen molar-refractivity contribution in [1.29, 1.82) is 0 Å². The van der Waals surface area contributed by atoms with Gasteiger partial charge in [0.05, 0.1) is 0 Å². The first kappa shape index (κ1) is 14.6. The number of benzene rings is 1. The molecular weight excluding hydrogens is 350 g/mol. The minimum atomic E-state index is -0.466. The number of ether oxygens (including phenoxy) is 1. The van der Waals surface area contributed by atoms with Crippen LogP contribution in [0.4, 0.5) is 0 Å². The molecule has 110 valence electrons. The van der Waals surface area contributed by atoms with Crippen LogP contribution in [0, 0.1) is 0 Å². The molecule has 3 rings (SSSR count). The highest BCUT2D eigenvalue weighted by Gasteiger charge is 2.26. The lowest BCUT2D eigenvalue weighted by molar-refractivity contribution is -0.138. The van der Waals surface area contributed by atoms with E-state index in [1.54, 1.807) is 11.3 Å². The van der Waals surface area contributed by atoms with Gasteiger partial charge >= 0.3 is 0 Å². The molecule has 0 spiro atoms. The van der Waals surface area contributed by atoms with Gasteiger partial charge in [0.1, 0.15) is 5.75 Å². The molecule has 1 aliphatic heterocycles. The number of rotatable bonds is 3. The van der Waals surface area contributed by atoms with Crippen molar-refractivity contribution >= 4 is 33.2 Å². The van der Waals surface area contributed by atoms with Crippen LogP contribution in [-0.2, 0) is 17.8 Å². The third-order valence-electron chi connectivity index (χ3n) is 3.59. The zero-order chi connectivity index (χ0) is 14.8. The minimum absolute atomic E-state index is 0.0507. The molecule has 2 aromatic rings. The fourth-order valence-corrected chi connectivity index (χ4v) is 3.62. The van der Waals surface area contributed by atoms with Crippen molar-refractivity contribution in [2.75, 3.05) is 6.54 Å². The SMILES string of the molecule is CC(Oc1ccc(Br)cc1)C(=O)N1CCc2sccc2C1. The third-order valence-corrected chi connectivity index (χ3v) is 5.15. The molecule has 1 unspecified atom stereocenters. The van der Waals surface area contributed by atoms with Crippen LogP contribution in [0.5, 0.6) is 5.75 Å². The van der Waals surface area contributed by atoms with Crippen LogP contribution in [0.15, 0.2) is 40.2 Å². The average molecular weight is 366 g/mol. The third kappa shape index (κ3) is 3.30. The van der Waals surface area contributed by atoms with Crippen molar-refractivity contribution in [2.24, 2.45) is 0 Å². The summed E-state index contributed by atoms with van der Waals surface area (Å²) >= 11 is 5.16. The summed E-state index contributed by atoms with van der Waals surface area (Å²) in [7, 11) is 0. The maximum absolute atomic E-state index is 12.5. The Morgan fingerprint density at radius 3 is 2.86 bits per heavy atom. The van der Waals surface area contributed by atoms with Gasteiger partial charge in [-0.3, -0.25) is 4.79 Å². The summed E-state index contributed by atoms with van der Waals surface area (Å²) in [5.41, 5.74) is 1.27. The second kappa shape index (κ2) is 6.20. The number of halogens is 1. The fourth-order valence-electron chi connectivity index (χ4n) is 2.46. The molecule has 5 heteroatoms. The highest BCUT2D eigenvalue weighted by atomic mass is 79.9. The molecule has 0 N–H and O–H groups in total. The Morgan fingerprint density at radius 2 is 2.10 bits per heavy atom. The number of fused-ring (bicyclic) bond motifs is 1. The minimum Gasteiger partial charge on any atom is -0.481 e. The van der Waals surface area contributed by atoms with Crippen molar-refractivity contribution in [1.82, 2.24) is 4.90 Å². The number of carbonyl (C=O) groups is 1. The predicted molar refractivity (Wildman–Crippen MR) is 87.7 cm³/mol. The predicted octanol–water partition coefficient (Wildman–Crippen LogP) is 3.86. The van der Waals surface area contributed by atoms with Crippen LogP contribution in [-0.4, -0.2) is 23.5 Å². The number of amides is 1. The van der Waals surface area contributed by atoms with E-state index in [1.165, 1.54) is 10.4 Å². The number of hydrogen-bond acceptors (Lipinski definition) is 3. The van der Waals surface area contributed by atoms with E-state index < -0.39 is 6.10 Å². The number of nitrogens with zero attached hydrogens (tertiary/aromatic N) is 1. The summed E-state index contributed by atoms with van der Waals surface area (Å²) in [5, 5.41) is 2.10. The highest BCUT2D eigenvalue weighted by molar-refractivity contribution is 9.10. The van der Waals surface area contributed by atoms with Gasteiger partial charge in [-0.15, -0.1) is 11.3 Å². The van der Waals surface area contributed by atoms with Gasteiger partial charge in [0.25, 0.3) is 5.91 Å². The lowest BCUT2D eigenvalue weighted by atomic mass is 10.1. The van der Waals surface area contributed by atoms with Crippen molar-refractivity contribution < 1.29 is 9.53 Å². The molecule has 21 heavy (non-hydrogen) atoms. The average Bonchev–Trinajstić information content (AvgIpc) is 2.96. The number of carbonyl (C=O) groups excluding carboxylic acids is 1. The van der Waals surface area contributed by atoms with E-state index in [2.05, 4.69) is 27.4 Å². The second-order valence-corrected chi connectivity index (χ2v) is 7.01. The van der Waals surface area contributed by atoms with Gasteiger partial charge in [-0.25, -0.2) is 0 Å². The van der Waals surface area contributed by atoms with Gasteiger partial charge in [-0.2, -0.15) is 0 Å². The Kier molecular flexibility index (Phi) is 4.31. The van der Waals surface area contributed by atoms with E-state index in [-0.39, 0.29) is 5.91 Å². The van der Waals surface area contributed by atoms with Crippen LogP contribution in [0.2, 0.25) is 0 Å². The van der Waals surface area contributed by atoms with Gasteiger partial charge in [-0.1, -0.05) is 15.9 Å². The van der Waals surface area contributed by atoms with Crippen molar-refractivity contribution in [2.45, 2.75) is 26.0 Å². The summed E-state index contributed by atoms with van der Waals surface area (Å²) in [5.74, 6) is 0.766. The molecule has 0 radical (unpaired) electrons. The summed E-state index contributed by atoms with van der Waals surface area (Å²) < 4.78 is 6.74. The van der Waals surface area contributed by atoms with Crippen molar-refractivity contribution in [3.8, 4) is 5.75 Å². The van der Waals surface area contributed by atoms with Gasteiger partial charge in [-0.05, 0) is 54.6 Å². The van der Waals surface area contributed by atoms with E-state index in [0.29, 0.717) is 12.3 Å². The first-order valence-electron chi connectivity index (χ1n) is 6.90. The van der Waals surface area contributed by atoms with E-state index in [0.717, 1.165) is 17.4 Å². The maximum Gasteiger partial charge on any atom is 0.263 e. The van der Waals surface area contributed by atoms with Crippen LogP contribution >= 0.6 is 27.3 Å². The van der Waals surface area contributed by atoms with E-state index in [9.17, 15) is 4.79 Å². The molecule has 1 atom stereocenters. The summed E-state index contributed by atoms with van der Waals surface area (Å²) in [6, 6.07) is 9.65. The normalized spacial score (nSPS) is 15.4. The molecule has 1 aliphatic rings. The Hall–Kier alpha value is -1.33. The second-order valence-electron chi connectivity index (χ2n) is 5.09. The van der Waals surface area contributed by atoms with Crippen LogP contribution < -0.4 is 4.74 Å². The van der Waals surface area contributed by atoms with Gasteiger partial charge in [0.2, 0.25) is 0 Å². The Labute approximate surface area is 136 Å². The van der Waals surface area contributed by atoms with Crippen LogP contribution in [0.3, 0.4) is 0 Å². The molecule has 0 saturated heterocycles. The first-order chi connectivity index (χ1) is 10.1. The highest BCUT2D eigenvalue weighted by Crippen LogP contribution is 2.25. The molecule has 3 nitrogen and oxygen atoms in total. The molecule has 1 aromatic carbocycles. The van der Waals surface area contributed by atoms with Crippen molar-refractivity contribution in [3.63, 3.8) is 0 Å². The fraction of sp³-hybridized carbons (Fsp3) is 0.312. The quantitative estimate of drug-likeness (QED) is 0.826. The van der Waals surface area contributed by atoms with Crippen LogP contribution in [0.25, 0.3) is 0 Å². The lowest BCUT2D eigenvalue weighted by Crippen LogP contribution is -2.42. The standard InChI is InChI=1S/C16H16BrNO2S/c1-11(20-14-4-2-13(17)3-5-14)16(19)18-8-6-15-12(10-18)7-9-21-15/h2-5,7,9,11H,6,8,10H2,1H3. The molecule has 0 saturated carbocycles. The summed E-state index contributed by atoms with van der Waals surface area (Å²) in [6.07, 6.45) is 0.482. The lowest BCUT2D eigenvalue weighted by Gasteiger charge is -2.29. The maximum atomic E-state index is 12.5. The van der Waals surface area contributed by atoms with Gasteiger partial charge < -0.3 is 9.64 Å². The van der Waals surface area contributed by atoms with Gasteiger partial charge in [0, 0.05) is 22.4 Å². The van der Waals surface area contributed by atoms with E-state index >= 15 is 0 Å². The Bertz CT molecular complexity index is 638. The Balaban J connectivity index is 1.64. The van der Waals surface area contributed by atoms with E-state index in [1.807, 2.05) is 36.1 Å². The molecule has 2 heterocycles. The molecule has 0 bridgehead atoms. The van der Waals surface area contributed by atoms with E-state index in [4.69, 9.17) is 4.74 Å². The van der Waals surface area contributed by atoms with Crippen molar-refractivity contribution in [3.05, 3.63) is 50.6 Å².